The van der Waals surface area contributed by atoms with E-state index in [-0.39, 0.29) is 6.41 Å². The average molecular weight is 626 g/mol. The topological polar surface area (TPSA) is 154 Å². The van der Waals surface area contributed by atoms with Gasteiger partial charge in [-0.3, -0.25) is 9.79 Å². The molecule has 0 spiro atoms. The number of aldehydes is 1. The van der Waals surface area contributed by atoms with Crippen LogP contribution in [0, 0.1) is 17.8 Å². The van der Waals surface area contributed by atoms with Gasteiger partial charge < -0.3 is 36.4 Å². The van der Waals surface area contributed by atoms with E-state index in [1.807, 2.05) is 25.5 Å². The molecule has 1 heterocycles. The van der Waals surface area contributed by atoms with Crippen molar-refractivity contribution in [1.82, 2.24) is 4.90 Å². The molecule has 1 aliphatic heterocycles. The van der Waals surface area contributed by atoms with E-state index >= 15 is 0 Å². The summed E-state index contributed by atoms with van der Waals surface area (Å²) in [6, 6.07) is 6.58. The van der Waals surface area contributed by atoms with Crippen LogP contribution in [0.4, 0.5) is 5.69 Å². The Morgan fingerprint density at radius 3 is 2.14 bits per heavy atom. The molecule has 1 fully saturated rings. The van der Waals surface area contributed by atoms with Gasteiger partial charge in [-0.25, -0.2) is 0 Å². The number of amides is 1. The minimum Gasteiger partial charge on any atom is -0.381 e. The standard InChI is InChI=1S/C27H47N3OS.C3H6O.CH3NO.CH5N.CH2O/c1-5-22-10-11-26(29-4)27(20-22)32-18-8-9-25(24-13-16-31-17-14-24)19-23(12-15-28)21-30(6-2)7-3;1-2-3-4;2-1-3;2*1-2/h10-11,20,23-25H,4-9,12-19,21,28H2,1-3H3;3H,2H2,1H3;1H,(H2,2,3);2H2,1H3;1H2. The third-order valence-electron chi connectivity index (χ3n) is 7.30. The molecule has 1 amide bonds. The number of hydrogen-bond donors (Lipinski definition) is 3. The lowest BCUT2D eigenvalue weighted by Crippen LogP contribution is -2.33. The molecule has 1 aromatic rings. The molecule has 0 saturated carbocycles. The quantitative estimate of drug-likeness (QED) is 0.0914. The Morgan fingerprint density at radius 2 is 1.67 bits per heavy atom. The Balaban J connectivity index is -0.00000127. The summed E-state index contributed by atoms with van der Waals surface area (Å²) in [7, 11) is 1.50. The number of aryl methyl sites for hydroxylation is 1. The summed E-state index contributed by atoms with van der Waals surface area (Å²) < 4.78 is 5.68. The molecule has 0 bridgehead atoms. The SMILES string of the molecule is C=Nc1ccc(CC)cc1SCCCC(CC(CCN)CN(CC)CC)C1CCOCC1.C=O.CCC=O.CN.NC=O. The van der Waals surface area contributed by atoms with Gasteiger partial charge in [-0.2, -0.15) is 0 Å². The number of carbonyl (C=O) groups is 3. The number of ether oxygens (including phenoxy) is 1. The van der Waals surface area contributed by atoms with Crippen LogP contribution in [0.2, 0.25) is 0 Å². The number of benzene rings is 1. The number of primary amides is 1. The fourth-order valence-electron chi connectivity index (χ4n) is 5.08. The number of nitrogens with two attached hydrogens (primary N) is 3. The van der Waals surface area contributed by atoms with E-state index in [9.17, 15) is 4.79 Å². The lowest BCUT2D eigenvalue weighted by molar-refractivity contribution is -0.108. The number of carbonyl (C=O) groups excluding carboxylic acids is 3. The van der Waals surface area contributed by atoms with Crippen molar-refractivity contribution < 1.29 is 19.1 Å². The highest BCUT2D eigenvalue weighted by Crippen LogP contribution is 2.36. The molecule has 43 heavy (non-hydrogen) atoms. The molecule has 1 aromatic carbocycles. The number of hydrogen-bond acceptors (Lipinski definition) is 9. The third kappa shape index (κ3) is 23.0. The summed E-state index contributed by atoms with van der Waals surface area (Å²) in [4.78, 5) is 33.8. The smallest absolute Gasteiger partial charge is 0.204 e. The molecule has 0 aromatic heterocycles. The van der Waals surface area contributed by atoms with Crippen molar-refractivity contribution in [2.24, 2.45) is 39.9 Å². The van der Waals surface area contributed by atoms with Crippen molar-refractivity contribution in [2.75, 3.05) is 52.2 Å². The summed E-state index contributed by atoms with van der Waals surface area (Å²) in [5, 5.41) is 0. The van der Waals surface area contributed by atoms with Crippen LogP contribution in [0.25, 0.3) is 0 Å². The number of rotatable bonds is 17. The number of nitrogens with zero attached hydrogens (tertiary/aromatic N) is 2. The molecular formula is C33H63N5O4S. The van der Waals surface area contributed by atoms with Crippen LogP contribution < -0.4 is 17.2 Å². The zero-order chi connectivity index (χ0) is 33.3. The van der Waals surface area contributed by atoms with Gasteiger partial charge in [0.15, 0.2) is 0 Å². The second kappa shape index (κ2) is 34.4. The van der Waals surface area contributed by atoms with E-state index in [4.69, 9.17) is 20.1 Å². The molecular weight excluding hydrogens is 562 g/mol. The van der Waals surface area contributed by atoms with Gasteiger partial charge in [-0.15, -0.1) is 11.8 Å². The monoisotopic (exact) mass is 625 g/mol. The summed E-state index contributed by atoms with van der Waals surface area (Å²) in [6.07, 6.45) is 10.3. The van der Waals surface area contributed by atoms with Gasteiger partial charge in [-0.1, -0.05) is 33.8 Å². The summed E-state index contributed by atoms with van der Waals surface area (Å²) >= 11 is 1.95. The van der Waals surface area contributed by atoms with Gasteiger partial charge in [-0.05, 0) is 120 Å². The Morgan fingerprint density at radius 1 is 1.09 bits per heavy atom. The van der Waals surface area contributed by atoms with Gasteiger partial charge in [0.25, 0.3) is 0 Å². The highest BCUT2D eigenvalue weighted by molar-refractivity contribution is 7.99. The minimum atomic E-state index is 0.250. The van der Waals surface area contributed by atoms with Crippen LogP contribution in [0.3, 0.4) is 0 Å². The predicted octanol–water partition coefficient (Wildman–Crippen LogP) is 5.28. The Kier molecular flexibility index (Phi) is 36.2. The lowest BCUT2D eigenvalue weighted by Gasteiger charge is -2.34. The summed E-state index contributed by atoms with van der Waals surface area (Å²) in [6.45, 7) is 20.5. The van der Waals surface area contributed by atoms with Crippen molar-refractivity contribution in [2.45, 2.75) is 84.0 Å². The van der Waals surface area contributed by atoms with Gasteiger partial charge >= 0.3 is 0 Å². The highest BCUT2D eigenvalue weighted by Gasteiger charge is 2.27. The molecule has 250 valence electrons. The summed E-state index contributed by atoms with van der Waals surface area (Å²) in [5.41, 5.74) is 17.1. The molecule has 2 rings (SSSR count). The van der Waals surface area contributed by atoms with Crippen molar-refractivity contribution >= 4 is 43.7 Å². The Hall–Kier alpha value is -2.11. The van der Waals surface area contributed by atoms with Crippen molar-refractivity contribution in [1.29, 1.82) is 0 Å². The van der Waals surface area contributed by atoms with Gasteiger partial charge in [0.05, 0.1) is 5.69 Å². The highest BCUT2D eigenvalue weighted by atomic mass is 32.2. The van der Waals surface area contributed by atoms with Crippen LogP contribution in [0.5, 0.6) is 0 Å². The molecule has 0 radical (unpaired) electrons. The maximum Gasteiger partial charge on any atom is 0.204 e. The first-order chi connectivity index (χ1) is 21.0. The largest absolute Gasteiger partial charge is 0.381 e. The van der Waals surface area contributed by atoms with Crippen LogP contribution in [0.1, 0.15) is 78.2 Å². The first kappa shape index (κ1) is 45.3. The molecule has 10 heteroatoms. The van der Waals surface area contributed by atoms with Gasteiger partial charge in [0.2, 0.25) is 6.41 Å². The van der Waals surface area contributed by atoms with Gasteiger partial charge in [0, 0.05) is 31.1 Å². The maximum atomic E-state index is 9.17. The summed E-state index contributed by atoms with van der Waals surface area (Å²) in [5.74, 6) is 3.44. The van der Waals surface area contributed by atoms with E-state index in [1.54, 1.807) is 0 Å². The Labute approximate surface area is 267 Å². The first-order valence-corrected chi connectivity index (χ1v) is 16.6. The van der Waals surface area contributed by atoms with Crippen molar-refractivity contribution in [3.8, 4) is 0 Å². The average Bonchev–Trinajstić information content (AvgIpc) is 3.07. The molecule has 1 saturated heterocycles. The molecule has 6 N–H and O–H groups in total. The van der Waals surface area contributed by atoms with E-state index in [2.05, 4.69) is 67.0 Å². The zero-order valence-corrected chi connectivity index (χ0v) is 28.6. The van der Waals surface area contributed by atoms with Crippen molar-refractivity contribution in [3.05, 3.63) is 23.8 Å². The third-order valence-corrected chi connectivity index (χ3v) is 8.43. The normalized spacial score (nSPS) is 13.7. The second-order valence-corrected chi connectivity index (χ2v) is 11.0. The zero-order valence-electron chi connectivity index (χ0n) is 27.8. The molecule has 9 nitrogen and oxygen atoms in total. The fraction of sp³-hybridized carbons (Fsp3) is 0.697. The van der Waals surface area contributed by atoms with Crippen LogP contribution >= 0.6 is 11.8 Å². The first-order valence-electron chi connectivity index (χ1n) is 15.7. The van der Waals surface area contributed by atoms with Crippen molar-refractivity contribution in [3.63, 3.8) is 0 Å². The van der Waals surface area contributed by atoms with E-state index in [1.165, 1.54) is 56.2 Å². The second-order valence-electron chi connectivity index (χ2n) is 9.89. The maximum absolute atomic E-state index is 9.17. The molecule has 2 atom stereocenters. The lowest BCUT2D eigenvalue weighted by atomic mass is 9.77. The molecule has 0 aliphatic carbocycles. The van der Waals surface area contributed by atoms with Gasteiger partial charge in [0.1, 0.15) is 13.1 Å². The minimum absolute atomic E-state index is 0.250. The molecule has 2 unspecified atom stereocenters. The van der Waals surface area contributed by atoms with E-state index in [0.29, 0.717) is 12.3 Å². The fourth-order valence-corrected chi connectivity index (χ4v) is 6.13. The number of thioether (sulfide) groups is 1. The number of aliphatic imine (C=N–C) groups is 1. The van der Waals surface area contributed by atoms with E-state index < -0.39 is 0 Å². The van der Waals surface area contributed by atoms with E-state index in [0.717, 1.165) is 75.3 Å². The van der Waals surface area contributed by atoms with Crippen LogP contribution in [-0.4, -0.2) is 83.3 Å². The molecule has 1 aliphatic rings. The Bertz CT molecular complexity index is 778. The predicted molar refractivity (Wildman–Crippen MR) is 185 cm³/mol. The van der Waals surface area contributed by atoms with Crippen LogP contribution in [-0.2, 0) is 25.5 Å². The van der Waals surface area contributed by atoms with Crippen LogP contribution in [0.15, 0.2) is 28.1 Å².